The van der Waals surface area contributed by atoms with Crippen molar-refractivity contribution in [2.24, 2.45) is 0 Å². The van der Waals surface area contributed by atoms with Crippen molar-refractivity contribution in [3.63, 3.8) is 0 Å². The van der Waals surface area contributed by atoms with E-state index in [0.29, 0.717) is 22.3 Å². The number of nitrogens with one attached hydrogen (secondary N) is 1. The molecule has 5 nitrogen and oxygen atoms in total. The molecule has 0 radical (unpaired) electrons. The van der Waals surface area contributed by atoms with E-state index in [4.69, 9.17) is 11.6 Å². The van der Waals surface area contributed by atoms with E-state index in [2.05, 4.69) is 15.5 Å². The second-order valence-corrected chi connectivity index (χ2v) is 6.09. The molecule has 1 amide bonds. The maximum absolute atomic E-state index is 12.1. The zero-order chi connectivity index (χ0) is 15.9. The average Bonchev–Trinajstić information content (AvgIpc) is 2.55. The predicted molar refractivity (Wildman–Crippen MR) is 95.7 cm³/mol. The van der Waals surface area contributed by atoms with Crippen LogP contribution >= 0.6 is 35.8 Å². The summed E-state index contributed by atoms with van der Waals surface area (Å²) in [6, 6.07) is 11.0. The zero-order valence-corrected chi connectivity index (χ0v) is 15.2. The summed E-state index contributed by atoms with van der Waals surface area (Å²) in [6.07, 6.45) is 0. The van der Waals surface area contributed by atoms with Crippen molar-refractivity contribution in [3.8, 4) is 0 Å². The maximum Gasteiger partial charge on any atom is 0.274 e. The molecule has 2 aromatic rings. The molecule has 1 aromatic carbocycles. The fourth-order valence-corrected chi connectivity index (χ4v) is 2.71. The zero-order valence-electron chi connectivity index (χ0n) is 12.8. The van der Waals surface area contributed by atoms with Crippen LogP contribution in [0.15, 0.2) is 46.3 Å². The van der Waals surface area contributed by atoms with Gasteiger partial charge in [-0.1, -0.05) is 35.5 Å². The lowest BCUT2D eigenvalue weighted by Crippen LogP contribution is -2.33. The summed E-state index contributed by atoms with van der Waals surface area (Å²) in [6.45, 7) is 1.35. The van der Waals surface area contributed by atoms with Crippen molar-refractivity contribution in [1.29, 1.82) is 0 Å². The molecule has 1 heterocycles. The minimum absolute atomic E-state index is 0. The minimum atomic E-state index is -0.142. The predicted octanol–water partition coefficient (Wildman–Crippen LogP) is 2.99. The molecule has 0 fully saturated rings. The van der Waals surface area contributed by atoms with Crippen molar-refractivity contribution in [1.82, 2.24) is 20.4 Å². The summed E-state index contributed by atoms with van der Waals surface area (Å²) in [5, 5.41) is 12.5. The van der Waals surface area contributed by atoms with Crippen LogP contribution in [-0.2, 0) is 0 Å². The normalized spacial score (nSPS) is 10.0. The molecule has 0 bridgehead atoms. The van der Waals surface area contributed by atoms with Gasteiger partial charge in [0.05, 0.1) is 5.02 Å². The Kier molecular flexibility index (Phi) is 8.33. The van der Waals surface area contributed by atoms with Crippen molar-refractivity contribution >= 4 is 41.7 Å². The highest BCUT2D eigenvalue weighted by molar-refractivity contribution is 7.99. The van der Waals surface area contributed by atoms with E-state index in [1.807, 2.05) is 31.3 Å². The molecular formula is C15H18Cl2N4OS. The lowest BCUT2D eigenvalue weighted by molar-refractivity contribution is 0.0789. The van der Waals surface area contributed by atoms with E-state index < -0.39 is 0 Å². The number of amides is 1. The van der Waals surface area contributed by atoms with E-state index in [9.17, 15) is 4.79 Å². The quantitative estimate of drug-likeness (QED) is 0.844. The van der Waals surface area contributed by atoms with Crippen LogP contribution in [0.4, 0.5) is 0 Å². The average molecular weight is 373 g/mol. The standard InChI is InChI=1S/C15H17ClN4OS.ClH/c1-17-9-10-20(2)15(21)12-7-8-14(19-18-12)22-13-6-4-3-5-11(13)16;/h3-8,17H,9-10H2,1-2H3;1H. The number of hydrogen-bond acceptors (Lipinski definition) is 5. The highest BCUT2D eigenvalue weighted by Gasteiger charge is 2.13. The fraction of sp³-hybridized carbons (Fsp3) is 0.267. The number of hydrogen-bond donors (Lipinski definition) is 1. The van der Waals surface area contributed by atoms with E-state index in [-0.39, 0.29) is 18.3 Å². The number of carbonyl (C=O) groups is 1. The van der Waals surface area contributed by atoms with Crippen molar-refractivity contribution in [2.45, 2.75) is 9.92 Å². The molecular weight excluding hydrogens is 355 g/mol. The molecule has 0 atom stereocenters. The van der Waals surface area contributed by atoms with Gasteiger partial charge in [-0.3, -0.25) is 4.79 Å². The van der Waals surface area contributed by atoms with Gasteiger partial charge in [0.25, 0.3) is 5.91 Å². The van der Waals surface area contributed by atoms with E-state index >= 15 is 0 Å². The van der Waals surface area contributed by atoms with E-state index in [1.165, 1.54) is 11.8 Å². The van der Waals surface area contributed by atoms with Gasteiger partial charge < -0.3 is 10.2 Å². The first-order valence-electron chi connectivity index (χ1n) is 6.78. The van der Waals surface area contributed by atoms with Gasteiger partial charge in [-0.2, -0.15) is 0 Å². The van der Waals surface area contributed by atoms with Gasteiger partial charge in [0, 0.05) is 25.0 Å². The minimum Gasteiger partial charge on any atom is -0.339 e. The first-order chi connectivity index (χ1) is 10.6. The molecule has 0 aliphatic heterocycles. The van der Waals surface area contributed by atoms with Gasteiger partial charge >= 0.3 is 0 Å². The number of benzene rings is 1. The second kappa shape index (κ2) is 9.72. The second-order valence-electron chi connectivity index (χ2n) is 4.62. The van der Waals surface area contributed by atoms with Crippen LogP contribution in [0.5, 0.6) is 0 Å². The summed E-state index contributed by atoms with van der Waals surface area (Å²) in [4.78, 5) is 14.7. The lowest BCUT2D eigenvalue weighted by Gasteiger charge is -2.15. The summed E-state index contributed by atoms with van der Waals surface area (Å²) in [7, 11) is 3.59. The van der Waals surface area contributed by atoms with Gasteiger partial charge in [0.15, 0.2) is 5.69 Å². The molecule has 0 spiro atoms. The molecule has 0 aliphatic carbocycles. The van der Waals surface area contributed by atoms with Crippen molar-refractivity contribution < 1.29 is 4.79 Å². The Hall–Kier alpha value is -1.34. The van der Waals surface area contributed by atoms with Crippen LogP contribution in [0.25, 0.3) is 0 Å². The summed E-state index contributed by atoms with van der Waals surface area (Å²) >= 11 is 7.53. The van der Waals surface area contributed by atoms with E-state index in [0.717, 1.165) is 11.4 Å². The number of carbonyl (C=O) groups excluding carboxylic acids is 1. The van der Waals surface area contributed by atoms with Crippen LogP contribution in [0.2, 0.25) is 5.02 Å². The van der Waals surface area contributed by atoms with Gasteiger partial charge in [-0.05, 0) is 31.3 Å². The van der Waals surface area contributed by atoms with Crippen molar-refractivity contribution in [3.05, 3.63) is 47.1 Å². The maximum atomic E-state index is 12.1. The van der Waals surface area contributed by atoms with E-state index in [1.54, 1.807) is 24.1 Å². The fourth-order valence-electron chi connectivity index (χ4n) is 1.71. The van der Waals surface area contributed by atoms with Crippen LogP contribution in [0.3, 0.4) is 0 Å². The van der Waals surface area contributed by atoms with Crippen LogP contribution in [-0.4, -0.2) is 48.2 Å². The Balaban J connectivity index is 0.00000264. The molecule has 23 heavy (non-hydrogen) atoms. The van der Waals surface area contributed by atoms with Gasteiger partial charge in [-0.15, -0.1) is 22.6 Å². The number of rotatable bonds is 6. The molecule has 1 N–H and O–H groups in total. The van der Waals surface area contributed by atoms with Crippen LogP contribution < -0.4 is 5.32 Å². The highest BCUT2D eigenvalue weighted by Crippen LogP contribution is 2.31. The molecule has 0 aliphatic rings. The summed E-state index contributed by atoms with van der Waals surface area (Å²) in [5.41, 5.74) is 0.335. The summed E-state index contributed by atoms with van der Waals surface area (Å²) < 4.78 is 0. The Bertz CT molecular complexity index is 640. The molecule has 8 heteroatoms. The molecule has 0 saturated carbocycles. The smallest absolute Gasteiger partial charge is 0.274 e. The number of halogens is 2. The third-order valence-electron chi connectivity index (χ3n) is 2.95. The van der Waals surface area contributed by atoms with Crippen molar-refractivity contribution in [2.75, 3.05) is 27.2 Å². The molecule has 0 saturated heterocycles. The first kappa shape index (κ1) is 19.7. The largest absolute Gasteiger partial charge is 0.339 e. The Labute approximate surface area is 151 Å². The molecule has 2 rings (SSSR count). The Morgan fingerprint density at radius 3 is 2.61 bits per heavy atom. The topological polar surface area (TPSA) is 58.1 Å². The molecule has 1 aromatic heterocycles. The number of aromatic nitrogens is 2. The van der Waals surface area contributed by atoms with Gasteiger partial charge in [-0.25, -0.2) is 0 Å². The number of likely N-dealkylation sites (N-methyl/N-ethyl adjacent to an activating group) is 2. The van der Waals surface area contributed by atoms with Gasteiger partial charge in [0.1, 0.15) is 5.03 Å². The van der Waals surface area contributed by atoms with Crippen LogP contribution in [0.1, 0.15) is 10.5 Å². The molecule has 0 unspecified atom stereocenters. The molecule has 124 valence electrons. The highest BCUT2D eigenvalue weighted by atomic mass is 35.5. The Morgan fingerprint density at radius 1 is 1.26 bits per heavy atom. The number of nitrogens with zero attached hydrogens (tertiary/aromatic N) is 3. The first-order valence-corrected chi connectivity index (χ1v) is 7.97. The van der Waals surface area contributed by atoms with Gasteiger partial charge in [0.2, 0.25) is 0 Å². The SMILES string of the molecule is CNCCN(C)C(=O)c1ccc(Sc2ccccc2Cl)nn1.Cl. The monoisotopic (exact) mass is 372 g/mol. The third-order valence-corrected chi connectivity index (χ3v) is 4.40. The summed E-state index contributed by atoms with van der Waals surface area (Å²) in [5.74, 6) is -0.142. The van der Waals surface area contributed by atoms with Crippen LogP contribution in [0, 0.1) is 0 Å². The third kappa shape index (κ3) is 5.66. The Morgan fingerprint density at radius 2 is 2.00 bits per heavy atom. The lowest BCUT2D eigenvalue weighted by atomic mass is 10.3.